The lowest BCUT2D eigenvalue weighted by atomic mass is 10.1. The maximum Gasteiger partial charge on any atom is 0.311 e. The van der Waals surface area contributed by atoms with Crippen LogP contribution in [0.1, 0.15) is 51.1 Å². The molecule has 4 nitrogen and oxygen atoms in total. The summed E-state index contributed by atoms with van der Waals surface area (Å²) in [6.45, 7) is 2.12. The molecule has 0 atom stereocenters. The quantitative estimate of drug-likeness (QED) is 0.265. The van der Waals surface area contributed by atoms with Gasteiger partial charge in [-0.2, -0.15) is 0 Å². The van der Waals surface area contributed by atoms with E-state index in [2.05, 4.69) is 11.9 Å². The van der Waals surface area contributed by atoms with Gasteiger partial charge in [0, 0.05) is 6.42 Å². The van der Waals surface area contributed by atoms with Gasteiger partial charge >= 0.3 is 5.97 Å². The third-order valence-corrected chi connectivity index (χ3v) is 4.39. The molecule has 0 amide bonds. The summed E-state index contributed by atoms with van der Waals surface area (Å²) in [5, 5.41) is -0.194. The van der Waals surface area contributed by atoms with Crippen LogP contribution in [0.15, 0.2) is 0 Å². The van der Waals surface area contributed by atoms with Gasteiger partial charge in [0.05, 0.1) is 7.11 Å². The normalized spacial score (nSPS) is 11.5. The highest BCUT2D eigenvalue weighted by atomic mass is 35.6. The third-order valence-electron chi connectivity index (χ3n) is 3.17. The Morgan fingerprint density at radius 2 is 1.71 bits per heavy atom. The Morgan fingerprint density at radius 1 is 1.08 bits per heavy atom. The van der Waals surface area contributed by atoms with Crippen molar-refractivity contribution >= 4 is 64.0 Å². The van der Waals surface area contributed by atoms with Crippen molar-refractivity contribution < 1.29 is 14.3 Å². The van der Waals surface area contributed by atoms with E-state index in [0.717, 1.165) is 25.7 Å². The number of carbonyl (C=O) groups excluding carboxylic acids is 1. The van der Waals surface area contributed by atoms with Crippen LogP contribution in [-0.2, 0) is 8.59 Å². The van der Waals surface area contributed by atoms with Crippen molar-refractivity contribution in [3.63, 3.8) is 0 Å². The van der Waals surface area contributed by atoms with Crippen molar-refractivity contribution in [2.75, 3.05) is 7.11 Å². The minimum absolute atomic E-state index is 0.0480. The molecule has 1 aromatic heterocycles. The molecule has 1 aromatic rings. The number of carbonyl (C=O) groups is 1. The number of hydrogen-bond acceptors (Lipinski definition) is 4. The van der Waals surface area contributed by atoms with E-state index in [1.807, 2.05) is 0 Å². The molecule has 0 N–H and O–H groups in total. The lowest BCUT2D eigenvalue weighted by Crippen LogP contribution is -2.12. The molecule has 0 bridgehead atoms. The molecule has 24 heavy (non-hydrogen) atoms. The van der Waals surface area contributed by atoms with Gasteiger partial charge in [0.15, 0.2) is 5.75 Å². The van der Waals surface area contributed by atoms with Crippen molar-refractivity contribution in [3.05, 3.63) is 15.7 Å². The summed E-state index contributed by atoms with van der Waals surface area (Å²) in [6.07, 6.45) is 5.25. The second kappa shape index (κ2) is 10.1. The van der Waals surface area contributed by atoms with E-state index >= 15 is 0 Å². The third kappa shape index (κ3) is 6.30. The molecule has 0 radical (unpaired) electrons. The highest BCUT2D eigenvalue weighted by molar-refractivity contribution is 6.67. The lowest BCUT2D eigenvalue weighted by Gasteiger charge is -2.17. The van der Waals surface area contributed by atoms with Gasteiger partial charge in [0.25, 0.3) is 0 Å². The van der Waals surface area contributed by atoms with Crippen LogP contribution in [0.5, 0.6) is 11.6 Å². The average molecular weight is 438 g/mol. The molecule has 0 aliphatic rings. The van der Waals surface area contributed by atoms with Gasteiger partial charge in [-0.25, -0.2) is 4.98 Å². The number of aromatic nitrogens is 1. The number of pyridine rings is 1. The summed E-state index contributed by atoms with van der Waals surface area (Å²) in [5.74, 6) is -0.642. The zero-order valence-corrected chi connectivity index (χ0v) is 17.1. The summed E-state index contributed by atoms with van der Waals surface area (Å²) in [5.41, 5.74) is -0.124. The molecule has 0 saturated heterocycles. The van der Waals surface area contributed by atoms with Crippen LogP contribution < -0.4 is 9.47 Å². The smallest absolute Gasteiger partial charge is 0.311 e. The van der Waals surface area contributed by atoms with E-state index < -0.39 is 9.76 Å². The molecule has 0 spiro atoms. The molecule has 0 aromatic carbocycles. The number of ether oxygens (including phenoxy) is 2. The van der Waals surface area contributed by atoms with Gasteiger partial charge in [-0.3, -0.25) is 4.79 Å². The maximum absolute atomic E-state index is 12.0. The first kappa shape index (κ1) is 21.9. The maximum atomic E-state index is 12.0. The zero-order chi connectivity index (χ0) is 18.3. The van der Waals surface area contributed by atoms with Crippen molar-refractivity contribution in [1.82, 2.24) is 4.98 Å². The molecule has 0 aliphatic carbocycles. The molecule has 0 aliphatic heterocycles. The van der Waals surface area contributed by atoms with Crippen molar-refractivity contribution in [3.8, 4) is 11.6 Å². The molecule has 9 heteroatoms. The Bertz CT molecular complexity index is 575. The average Bonchev–Trinajstić information content (AvgIpc) is 2.50. The van der Waals surface area contributed by atoms with Crippen molar-refractivity contribution in [1.29, 1.82) is 0 Å². The van der Waals surface area contributed by atoms with Gasteiger partial charge in [-0.05, 0) is 6.42 Å². The Kier molecular flexibility index (Phi) is 9.24. The number of nitrogens with zero attached hydrogens (tertiary/aromatic N) is 1. The van der Waals surface area contributed by atoms with Crippen molar-refractivity contribution in [2.24, 2.45) is 0 Å². The van der Waals surface area contributed by atoms with Crippen LogP contribution in [0.3, 0.4) is 0 Å². The first-order valence-electron chi connectivity index (χ1n) is 7.43. The Balaban J connectivity index is 2.92. The first-order valence-corrected chi connectivity index (χ1v) is 9.32. The van der Waals surface area contributed by atoms with Crippen LogP contribution in [0, 0.1) is 0 Å². The second-order valence-corrected chi connectivity index (χ2v) is 8.10. The Morgan fingerprint density at radius 3 is 2.25 bits per heavy atom. The molecule has 1 heterocycles. The van der Waals surface area contributed by atoms with Gasteiger partial charge in [0.2, 0.25) is 9.67 Å². The first-order chi connectivity index (χ1) is 11.2. The number of methoxy groups -OCH3 is 1. The van der Waals surface area contributed by atoms with Gasteiger partial charge in [0.1, 0.15) is 15.7 Å². The van der Waals surface area contributed by atoms with Gasteiger partial charge in [-0.1, -0.05) is 90.6 Å². The van der Waals surface area contributed by atoms with Gasteiger partial charge < -0.3 is 9.47 Å². The van der Waals surface area contributed by atoms with E-state index in [0.29, 0.717) is 6.42 Å². The van der Waals surface area contributed by atoms with Crippen LogP contribution in [0.2, 0.25) is 10.0 Å². The highest BCUT2D eigenvalue weighted by Crippen LogP contribution is 2.48. The number of unbranched alkanes of at least 4 members (excludes halogenated alkanes) is 4. The van der Waals surface area contributed by atoms with E-state index in [1.165, 1.54) is 7.11 Å². The minimum atomic E-state index is -1.92. The molecule has 0 fully saturated rings. The van der Waals surface area contributed by atoms with Crippen LogP contribution >= 0.6 is 58.0 Å². The molecular formula is C15H18Cl5NO3. The van der Waals surface area contributed by atoms with Crippen LogP contribution in [0.25, 0.3) is 0 Å². The summed E-state index contributed by atoms with van der Waals surface area (Å²) in [7, 11) is 1.34. The van der Waals surface area contributed by atoms with Crippen molar-refractivity contribution in [2.45, 2.75) is 49.2 Å². The number of rotatable bonds is 8. The van der Waals surface area contributed by atoms with Crippen LogP contribution in [0.4, 0.5) is 0 Å². The summed E-state index contributed by atoms with van der Waals surface area (Å²) in [4.78, 5) is 16.0. The predicted octanol–water partition coefficient (Wildman–Crippen LogP) is 6.49. The van der Waals surface area contributed by atoms with E-state index in [4.69, 9.17) is 67.5 Å². The van der Waals surface area contributed by atoms with E-state index in [1.54, 1.807) is 0 Å². The minimum Gasteiger partial charge on any atom is -0.480 e. The Hall–Kier alpha value is -0.130. The fourth-order valence-corrected chi connectivity index (χ4v) is 3.12. The second-order valence-electron chi connectivity index (χ2n) is 5.06. The van der Waals surface area contributed by atoms with Gasteiger partial charge in [-0.15, -0.1) is 0 Å². The fourth-order valence-electron chi connectivity index (χ4n) is 1.95. The number of esters is 1. The van der Waals surface area contributed by atoms with Crippen LogP contribution in [-0.4, -0.2) is 18.1 Å². The fraction of sp³-hybridized carbons (Fsp3) is 0.600. The zero-order valence-electron chi connectivity index (χ0n) is 13.3. The highest BCUT2D eigenvalue weighted by Gasteiger charge is 2.33. The molecular weight excluding hydrogens is 419 g/mol. The van der Waals surface area contributed by atoms with E-state index in [9.17, 15) is 4.79 Å². The summed E-state index contributed by atoms with van der Waals surface area (Å²) in [6, 6.07) is 0. The summed E-state index contributed by atoms with van der Waals surface area (Å²) < 4.78 is 8.36. The monoisotopic (exact) mass is 435 g/mol. The standard InChI is InChI=1S/C15H18Cl5NO3/c1-3-4-5-6-7-8-9(22)24-12-10(16)13(15(18,19)20)21-14(23-2)11(12)17/h3-8H2,1-2H3. The number of hydrogen-bond donors (Lipinski definition) is 0. The molecule has 1 rings (SSSR count). The predicted molar refractivity (Wildman–Crippen MR) is 99.1 cm³/mol. The SMILES string of the molecule is CCCCCCCC(=O)Oc1c(Cl)c(OC)nc(C(Cl)(Cl)Cl)c1Cl. The number of halogens is 5. The molecule has 0 saturated carbocycles. The Labute approximate surface area is 166 Å². The molecule has 0 unspecified atom stereocenters. The summed E-state index contributed by atoms with van der Waals surface area (Å²) >= 11 is 29.7. The number of alkyl halides is 3. The topological polar surface area (TPSA) is 48.4 Å². The lowest BCUT2D eigenvalue weighted by molar-refractivity contribution is -0.134. The molecule has 136 valence electrons. The van der Waals surface area contributed by atoms with E-state index in [-0.39, 0.29) is 33.8 Å². The largest absolute Gasteiger partial charge is 0.480 e.